The second kappa shape index (κ2) is 11.0. The number of carbonyl (C=O) groups excluding carboxylic acids is 3. The van der Waals surface area contributed by atoms with Gasteiger partial charge in [0.05, 0.1) is 23.3 Å². The number of anilines is 2. The molecule has 0 aliphatic heterocycles. The Morgan fingerprint density at radius 1 is 1.03 bits per heavy atom. The van der Waals surface area contributed by atoms with Crippen LogP contribution in [0.5, 0.6) is 0 Å². The lowest BCUT2D eigenvalue weighted by Crippen LogP contribution is -2.28. The lowest BCUT2D eigenvalue weighted by atomic mass is 10.3. The zero-order chi connectivity index (χ0) is 25.0. The molecule has 0 aliphatic carbocycles. The van der Waals surface area contributed by atoms with E-state index in [1.165, 1.54) is 33.5 Å². The first kappa shape index (κ1) is 26.7. The molecule has 3 aromatic rings. The highest BCUT2D eigenvalue weighted by molar-refractivity contribution is 6.07. The highest BCUT2D eigenvalue weighted by Gasteiger charge is 2.20. The number of nitro groups is 1. The van der Waals surface area contributed by atoms with Gasteiger partial charge < -0.3 is 35.2 Å². The third-order valence-corrected chi connectivity index (χ3v) is 4.67. The summed E-state index contributed by atoms with van der Waals surface area (Å²) in [5.41, 5.74) is 6.42. The first-order valence-corrected chi connectivity index (χ1v) is 9.86. The van der Waals surface area contributed by atoms with Crippen molar-refractivity contribution in [2.45, 2.75) is 6.42 Å². The smallest absolute Gasteiger partial charge is 0.395 e. The van der Waals surface area contributed by atoms with Gasteiger partial charge in [-0.15, -0.1) is 12.4 Å². The molecule has 0 saturated carbocycles. The van der Waals surface area contributed by atoms with Crippen molar-refractivity contribution in [3.63, 3.8) is 0 Å². The van der Waals surface area contributed by atoms with E-state index in [0.717, 1.165) is 6.07 Å². The van der Waals surface area contributed by atoms with Crippen LogP contribution in [0.15, 0.2) is 41.1 Å². The minimum Gasteiger partial charge on any atom is -0.395 e. The first-order valence-electron chi connectivity index (χ1n) is 9.86. The van der Waals surface area contributed by atoms with Gasteiger partial charge in [0.2, 0.25) is 0 Å². The van der Waals surface area contributed by atoms with Gasteiger partial charge in [-0.1, -0.05) is 0 Å². The van der Waals surface area contributed by atoms with Crippen molar-refractivity contribution < 1.29 is 23.7 Å². The lowest BCUT2D eigenvalue weighted by molar-refractivity contribution is -0.402. The van der Waals surface area contributed by atoms with Crippen LogP contribution >= 0.6 is 12.4 Å². The predicted molar refractivity (Wildman–Crippen MR) is 128 cm³/mol. The van der Waals surface area contributed by atoms with Crippen molar-refractivity contribution >= 4 is 53.2 Å². The van der Waals surface area contributed by atoms with Crippen molar-refractivity contribution in [2.24, 2.45) is 19.8 Å². The van der Waals surface area contributed by atoms with Crippen molar-refractivity contribution in [3.8, 4) is 0 Å². The summed E-state index contributed by atoms with van der Waals surface area (Å²) in [5, 5.41) is 25.7. The van der Waals surface area contributed by atoms with Gasteiger partial charge >= 0.3 is 5.88 Å². The number of amidine groups is 1. The molecule has 0 radical (unpaired) electrons. The molecular formula is C20H23ClN8O6. The number of nitrogens with two attached hydrogens (primary N) is 1. The Morgan fingerprint density at radius 2 is 1.57 bits per heavy atom. The molecule has 35 heavy (non-hydrogen) atoms. The van der Waals surface area contributed by atoms with Crippen LogP contribution in [0.2, 0.25) is 0 Å². The standard InChI is InChI=1S/C20H22N8O6.ClH/c1-26-9-11(7-13(26)18(29)23-6-5-16(21)22)24-19(30)14-8-12(10-27(14)2)25-20(31)15-3-4-17(34-15)28(32)33;/h3-4,7-10H,5-6H2,1-2H3,(H3,21,22)(H,23,29)(H,24,30)(H,25,31);1H. The number of amides is 3. The van der Waals surface area contributed by atoms with Gasteiger partial charge in [0, 0.05) is 39.5 Å². The monoisotopic (exact) mass is 506 g/mol. The Hall–Kier alpha value is -4.59. The minimum absolute atomic E-state index is 0. The van der Waals surface area contributed by atoms with Gasteiger partial charge in [-0.25, -0.2) is 0 Å². The highest BCUT2D eigenvalue weighted by Crippen LogP contribution is 2.20. The molecule has 3 rings (SSSR count). The van der Waals surface area contributed by atoms with E-state index < -0.39 is 22.6 Å². The molecule has 0 spiro atoms. The Labute approximate surface area is 204 Å². The number of halogens is 1. The average Bonchev–Trinajstić information content (AvgIpc) is 3.46. The predicted octanol–water partition coefficient (Wildman–Crippen LogP) is 1.85. The zero-order valence-corrected chi connectivity index (χ0v) is 19.5. The second-order valence-electron chi connectivity index (χ2n) is 7.28. The van der Waals surface area contributed by atoms with Crippen LogP contribution in [-0.4, -0.2) is 44.2 Å². The summed E-state index contributed by atoms with van der Waals surface area (Å²) < 4.78 is 7.88. The Bertz CT molecular complexity index is 1290. The van der Waals surface area contributed by atoms with E-state index in [1.807, 2.05) is 0 Å². The molecule has 3 aromatic heterocycles. The van der Waals surface area contributed by atoms with Crippen LogP contribution < -0.4 is 21.7 Å². The van der Waals surface area contributed by atoms with E-state index >= 15 is 0 Å². The highest BCUT2D eigenvalue weighted by atomic mass is 35.5. The van der Waals surface area contributed by atoms with E-state index in [4.69, 9.17) is 15.6 Å². The molecule has 0 saturated heterocycles. The first-order chi connectivity index (χ1) is 16.0. The molecule has 6 N–H and O–H groups in total. The summed E-state index contributed by atoms with van der Waals surface area (Å²) in [5.74, 6) is -2.44. The van der Waals surface area contributed by atoms with Crippen molar-refractivity contribution in [1.29, 1.82) is 5.41 Å². The fraction of sp³-hybridized carbons (Fsp3) is 0.200. The summed E-state index contributed by atoms with van der Waals surface area (Å²) in [7, 11) is 3.24. The van der Waals surface area contributed by atoms with Gasteiger partial charge in [0.25, 0.3) is 17.7 Å². The summed E-state index contributed by atoms with van der Waals surface area (Å²) in [4.78, 5) is 47.2. The van der Waals surface area contributed by atoms with Crippen LogP contribution in [0.3, 0.4) is 0 Å². The van der Waals surface area contributed by atoms with E-state index in [1.54, 1.807) is 20.3 Å². The molecule has 0 aromatic carbocycles. The number of nitrogens with zero attached hydrogens (tertiary/aromatic N) is 3. The third kappa shape index (κ3) is 6.48. The number of furan rings is 1. The number of carbonyl (C=O) groups is 3. The largest absolute Gasteiger partial charge is 0.433 e. The van der Waals surface area contributed by atoms with Crippen LogP contribution in [0, 0.1) is 15.5 Å². The SMILES string of the molecule is Cl.Cn1cc(NC(=O)c2cc(NC(=O)c3ccc([N+](=O)[O-])o3)cn2C)cc1C(=O)NCCC(=N)N. The summed E-state index contributed by atoms with van der Waals surface area (Å²) >= 11 is 0. The van der Waals surface area contributed by atoms with Gasteiger partial charge in [0.1, 0.15) is 16.3 Å². The van der Waals surface area contributed by atoms with Crippen molar-refractivity contribution in [3.05, 3.63) is 63.9 Å². The van der Waals surface area contributed by atoms with Crippen LogP contribution in [0.25, 0.3) is 0 Å². The molecule has 15 heteroatoms. The second-order valence-corrected chi connectivity index (χ2v) is 7.28. The quantitative estimate of drug-likeness (QED) is 0.126. The topological polar surface area (TPSA) is 203 Å². The van der Waals surface area contributed by atoms with E-state index in [9.17, 15) is 24.5 Å². The van der Waals surface area contributed by atoms with Gasteiger partial charge in [0.15, 0.2) is 5.76 Å². The van der Waals surface area contributed by atoms with Gasteiger partial charge in [-0.2, -0.15) is 0 Å². The van der Waals surface area contributed by atoms with E-state index in [2.05, 4.69) is 16.0 Å². The van der Waals surface area contributed by atoms with E-state index in [-0.39, 0.29) is 54.3 Å². The fourth-order valence-corrected chi connectivity index (χ4v) is 3.05. The Kier molecular flexibility index (Phi) is 8.39. The molecule has 14 nitrogen and oxygen atoms in total. The third-order valence-electron chi connectivity index (χ3n) is 4.67. The summed E-state index contributed by atoms with van der Waals surface area (Å²) in [6, 6.07) is 5.16. The molecule has 0 atom stereocenters. The normalized spacial score (nSPS) is 10.2. The Morgan fingerprint density at radius 3 is 2.09 bits per heavy atom. The molecule has 3 heterocycles. The number of aryl methyl sites for hydroxylation is 2. The number of hydrogen-bond donors (Lipinski definition) is 5. The zero-order valence-electron chi connectivity index (χ0n) is 18.7. The van der Waals surface area contributed by atoms with Gasteiger partial charge in [-0.3, -0.25) is 29.9 Å². The maximum absolute atomic E-state index is 12.7. The summed E-state index contributed by atoms with van der Waals surface area (Å²) in [6.07, 6.45) is 3.28. The Balaban J connectivity index is 0.00000432. The van der Waals surface area contributed by atoms with Crippen LogP contribution in [-0.2, 0) is 14.1 Å². The number of aromatic nitrogens is 2. The average molecular weight is 507 g/mol. The van der Waals surface area contributed by atoms with E-state index in [0.29, 0.717) is 11.4 Å². The van der Waals surface area contributed by atoms with Crippen LogP contribution in [0.1, 0.15) is 38.0 Å². The maximum atomic E-state index is 12.7. The number of rotatable bonds is 9. The fourth-order valence-electron chi connectivity index (χ4n) is 3.05. The number of hydrogen-bond acceptors (Lipinski definition) is 7. The van der Waals surface area contributed by atoms with Crippen molar-refractivity contribution in [1.82, 2.24) is 14.5 Å². The molecule has 0 fully saturated rings. The minimum atomic E-state index is -0.757. The maximum Gasteiger partial charge on any atom is 0.433 e. The molecule has 0 unspecified atom stereocenters. The number of nitrogens with one attached hydrogen (secondary N) is 4. The molecule has 3 amide bonds. The van der Waals surface area contributed by atoms with Crippen molar-refractivity contribution in [2.75, 3.05) is 17.2 Å². The molecular weight excluding hydrogens is 484 g/mol. The molecule has 0 aliphatic rings. The molecule has 0 bridgehead atoms. The summed E-state index contributed by atoms with van der Waals surface area (Å²) in [6.45, 7) is 0.213. The lowest BCUT2D eigenvalue weighted by Gasteiger charge is -2.04. The molecule has 186 valence electrons. The van der Waals surface area contributed by atoms with Crippen LogP contribution in [0.4, 0.5) is 17.3 Å². The van der Waals surface area contributed by atoms with Gasteiger partial charge in [-0.05, 0) is 18.2 Å².